The summed E-state index contributed by atoms with van der Waals surface area (Å²) in [5.74, 6) is -1.68. The predicted octanol–water partition coefficient (Wildman–Crippen LogP) is 2.58. The fraction of sp³-hybridized carbons (Fsp3) is 0.355. The maximum absolute atomic E-state index is 13.7. The van der Waals surface area contributed by atoms with E-state index in [1.165, 1.54) is 6.26 Å². The monoisotopic (exact) mass is 585 g/mol. The fourth-order valence-electron chi connectivity index (χ4n) is 4.96. The van der Waals surface area contributed by atoms with Gasteiger partial charge < -0.3 is 30.1 Å². The van der Waals surface area contributed by atoms with Crippen LogP contribution in [0.4, 0.5) is 0 Å². The summed E-state index contributed by atoms with van der Waals surface area (Å²) in [5, 5.41) is 11.5. The van der Waals surface area contributed by atoms with E-state index in [1.807, 2.05) is 44.2 Å². The van der Waals surface area contributed by atoms with Gasteiger partial charge in [0, 0.05) is 31.6 Å². The molecular formula is C31H35N7O5. The zero-order valence-corrected chi connectivity index (χ0v) is 24.1. The Morgan fingerprint density at radius 3 is 2.67 bits per heavy atom. The number of pyridine rings is 1. The lowest BCUT2D eigenvalue weighted by Crippen LogP contribution is -2.55. The molecule has 3 aromatic heterocycles. The minimum Gasteiger partial charge on any atom is -0.446 e. The van der Waals surface area contributed by atoms with Crippen LogP contribution in [0.3, 0.4) is 0 Å². The Morgan fingerprint density at radius 1 is 1.07 bits per heavy atom. The first-order chi connectivity index (χ1) is 20.8. The van der Waals surface area contributed by atoms with Gasteiger partial charge in [-0.1, -0.05) is 44.2 Å². The smallest absolute Gasteiger partial charge is 0.273 e. The van der Waals surface area contributed by atoms with Crippen molar-refractivity contribution < 1.29 is 23.6 Å². The Morgan fingerprint density at radius 2 is 1.88 bits per heavy atom. The lowest BCUT2D eigenvalue weighted by molar-refractivity contribution is -0.130. The highest BCUT2D eigenvalue weighted by molar-refractivity contribution is 5.98. The molecule has 2 bridgehead atoms. The van der Waals surface area contributed by atoms with Crippen LogP contribution in [-0.4, -0.2) is 56.6 Å². The maximum Gasteiger partial charge on any atom is 0.273 e. The molecule has 0 saturated heterocycles. The Bertz CT molecular complexity index is 1600. The van der Waals surface area contributed by atoms with E-state index in [9.17, 15) is 19.2 Å². The van der Waals surface area contributed by atoms with Crippen LogP contribution in [0.15, 0.2) is 71.7 Å². The van der Waals surface area contributed by atoms with Gasteiger partial charge in [-0.15, -0.1) is 0 Å². The van der Waals surface area contributed by atoms with Gasteiger partial charge in [0.05, 0.1) is 5.56 Å². The fourth-order valence-corrected chi connectivity index (χ4v) is 4.96. The quantitative estimate of drug-likeness (QED) is 0.280. The van der Waals surface area contributed by atoms with E-state index in [-0.39, 0.29) is 23.9 Å². The van der Waals surface area contributed by atoms with Crippen molar-refractivity contribution in [1.29, 1.82) is 0 Å². The largest absolute Gasteiger partial charge is 0.446 e. The molecule has 0 unspecified atom stereocenters. The first-order valence-corrected chi connectivity index (χ1v) is 14.4. The third-order valence-corrected chi connectivity index (χ3v) is 7.38. The van der Waals surface area contributed by atoms with E-state index in [2.05, 4.69) is 31.2 Å². The van der Waals surface area contributed by atoms with E-state index in [1.54, 1.807) is 35.1 Å². The zero-order valence-electron chi connectivity index (χ0n) is 24.1. The number of benzene rings is 1. The van der Waals surface area contributed by atoms with Gasteiger partial charge in [-0.3, -0.25) is 19.2 Å². The first-order valence-electron chi connectivity index (χ1n) is 14.4. The number of nitrogens with one attached hydrogen (secondary N) is 4. The number of hydrogen-bond donors (Lipinski definition) is 4. The SMILES string of the molecule is CC(C)[C@@H]1NC(=O)[C@H](Cc2ccccc2)NC(=O)[C@@H](NC(=O)c2ccc3nccn3c2)CCCCNC(=O)c2coc1n2. The summed E-state index contributed by atoms with van der Waals surface area (Å²) >= 11 is 0. The number of amides is 4. The van der Waals surface area contributed by atoms with Gasteiger partial charge in [-0.25, -0.2) is 9.97 Å². The molecule has 3 atom stereocenters. The van der Waals surface area contributed by atoms with E-state index >= 15 is 0 Å². The Hall–Kier alpha value is -5.00. The Kier molecular flexibility index (Phi) is 9.14. The van der Waals surface area contributed by atoms with Crippen molar-refractivity contribution in [2.75, 3.05) is 6.54 Å². The Balaban J connectivity index is 1.42. The predicted molar refractivity (Wildman–Crippen MR) is 157 cm³/mol. The molecule has 0 saturated carbocycles. The number of oxazole rings is 1. The summed E-state index contributed by atoms with van der Waals surface area (Å²) in [5.41, 5.74) is 2.02. The van der Waals surface area contributed by atoms with Crippen LogP contribution in [0.1, 0.15) is 71.5 Å². The number of fused-ring (bicyclic) bond motifs is 3. The molecule has 0 fully saturated rings. The molecule has 0 aliphatic carbocycles. The minimum absolute atomic E-state index is 0.121. The number of nitrogens with zero attached hydrogens (tertiary/aromatic N) is 3. The molecule has 1 aliphatic rings. The molecule has 12 heteroatoms. The maximum atomic E-state index is 13.7. The third kappa shape index (κ3) is 7.26. The molecular weight excluding hydrogens is 550 g/mol. The number of carbonyl (C=O) groups excluding carboxylic acids is 4. The average Bonchev–Trinajstić information content (AvgIpc) is 3.68. The summed E-state index contributed by atoms with van der Waals surface area (Å²) in [6.07, 6.45) is 7.88. The van der Waals surface area contributed by atoms with Crippen LogP contribution < -0.4 is 21.3 Å². The number of rotatable bonds is 5. The highest BCUT2D eigenvalue weighted by atomic mass is 16.3. The zero-order chi connectivity index (χ0) is 30.3. The van der Waals surface area contributed by atoms with Crippen molar-refractivity contribution in [3.63, 3.8) is 0 Å². The van der Waals surface area contributed by atoms with Crippen LogP contribution in [0.25, 0.3) is 5.65 Å². The van der Waals surface area contributed by atoms with Gasteiger partial charge in [0.1, 0.15) is 30.0 Å². The summed E-state index contributed by atoms with van der Waals surface area (Å²) in [4.78, 5) is 61.9. The van der Waals surface area contributed by atoms with E-state index in [0.717, 1.165) is 5.56 Å². The minimum atomic E-state index is -0.955. The first kappa shape index (κ1) is 29.5. The number of hydrogen-bond acceptors (Lipinski definition) is 7. The molecule has 4 heterocycles. The van der Waals surface area contributed by atoms with E-state index in [4.69, 9.17) is 4.42 Å². The lowest BCUT2D eigenvalue weighted by atomic mass is 10.0. The Labute approximate surface area is 248 Å². The van der Waals surface area contributed by atoms with Crippen molar-refractivity contribution in [2.45, 2.75) is 57.7 Å². The molecule has 4 N–H and O–H groups in total. The van der Waals surface area contributed by atoms with Crippen molar-refractivity contribution in [3.8, 4) is 0 Å². The highest BCUT2D eigenvalue weighted by Gasteiger charge is 2.31. The van der Waals surface area contributed by atoms with Gasteiger partial charge in [0.25, 0.3) is 11.8 Å². The summed E-state index contributed by atoms with van der Waals surface area (Å²) in [6, 6.07) is 10.2. The molecule has 5 rings (SSSR count). The summed E-state index contributed by atoms with van der Waals surface area (Å²) in [7, 11) is 0. The molecule has 4 amide bonds. The highest BCUT2D eigenvalue weighted by Crippen LogP contribution is 2.22. The summed E-state index contributed by atoms with van der Waals surface area (Å²) < 4.78 is 7.33. The molecule has 1 aliphatic heterocycles. The molecule has 1 aromatic carbocycles. The normalized spacial score (nSPS) is 20.3. The van der Waals surface area contributed by atoms with E-state index in [0.29, 0.717) is 37.0 Å². The molecule has 12 nitrogen and oxygen atoms in total. The van der Waals surface area contributed by atoms with Crippen molar-refractivity contribution in [1.82, 2.24) is 35.6 Å². The second kappa shape index (κ2) is 13.3. The average molecular weight is 586 g/mol. The van der Waals surface area contributed by atoms with Gasteiger partial charge >= 0.3 is 0 Å². The van der Waals surface area contributed by atoms with Gasteiger partial charge in [0.2, 0.25) is 17.7 Å². The van der Waals surface area contributed by atoms with Crippen LogP contribution in [0.2, 0.25) is 0 Å². The van der Waals surface area contributed by atoms with E-state index < -0.39 is 41.8 Å². The molecule has 0 spiro atoms. The molecule has 0 radical (unpaired) electrons. The summed E-state index contributed by atoms with van der Waals surface area (Å²) in [6.45, 7) is 4.14. The molecule has 224 valence electrons. The third-order valence-electron chi connectivity index (χ3n) is 7.38. The van der Waals surface area contributed by atoms with Gasteiger partial charge in [0.15, 0.2) is 5.69 Å². The molecule has 43 heavy (non-hydrogen) atoms. The number of carbonyl (C=O) groups is 4. The van der Waals surface area contributed by atoms with Crippen LogP contribution in [0, 0.1) is 5.92 Å². The van der Waals surface area contributed by atoms with Crippen molar-refractivity contribution in [2.24, 2.45) is 5.92 Å². The number of aromatic nitrogens is 3. The van der Waals surface area contributed by atoms with Crippen LogP contribution >= 0.6 is 0 Å². The topological polar surface area (TPSA) is 160 Å². The van der Waals surface area contributed by atoms with Gasteiger partial charge in [-0.2, -0.15) is 0 Å². The number of imidazole rings is 1. The van der Waals surface area contributed by atoms with Crippen molar-refractivity contribution >= 4 is 29.3 Å². The van der Waals surface area contributed by atoms with Crippen LogP contribution in [-0.2, 0) is 16.0 Å². The second-order valence-corrected chi connectivity index (χ2v) is 10.9. The standard InChI is InChI=1S/C31H35N7O5/c1-19(2)26-31-36-24(18-43-31)28(40)33-13-7-6-10-22(34-27(39)21-11-12-25-32-14-15-38(25)17-21)29(41)35-23(30(42)37-26)16-20-8-4-3-5-9-20/h3-5,8-9,11-12,14-15,17-19,22-23,26H,6-7,10,13,16H2,1-2H3,(H,33,40)(H,34,39)(H,35,41)(H,37,42)/t22-,23-,26-/m0/s1. The second-order valence-electron chi connectivity index (χ2n) is 10.9. The van der Waals surface area contributed by atoms with Gasteiger partial charge in [-0.05, 0) is 42.9 Å². The van der Waals surface area contributed by atoms with Crippen molar-refractivity contribution in [3.05, 3.63) is 90.0 Å². The van der Waals surface area contributed by atoms with Crippen LogP contribution in [0.5, 0.6) is 0 Å². The lowest BCUT2D eigenvalue weighted by Gasteiger charge is -2.26. The molecule has 4 aromatic rings.